The summed E-state index contributed by atoms with van der Waals surface area (Å²) in [6, 6.07) is 4.21. The maximum Gasteiger partial charge on any atom is 0.255 e. The molecule has 0 radical (unpaired) electrons. The fraction of sp³-hybridized carbons (Fsp3) is 0.385. The van der Waals surface area contributed by atoms with E-state index in [9.17, 15) is 14.7 Å². The Kier molecular flexibility index (Phi) is 3.95. The van der Waals surface area contributed by atoms with Crippen molar-refractivity contribution in [2.75, 3.05) is 26.7 Å². The summed E-state index contributed by atoms with van der Waals surface area (Å²) in [4.78, 5) is 27.2. The molecule has 2 amide bonds. The van der Waals surface area contributed by atoms with Crippen LogP contribution in [0.5, 0.6) is 5.75 Å². The van der Waals surface area contributed by atoms with Gasteiger partial charge in [-0.05, 0) is 24.6 Å². The third kappa shape index (κ3) is 2.98. The molecular formula is C13H15ClN2O3. The number of carbonyl (C=O) groups is 2. The minimum absolute atomic E-state index is 0.0222. The maximum absolute atomic E-state index is 12.3. The zero-order chi connectivity index (χ0) is 14.0. The molecule has 1 aromatic carbocycles. The lowest BCUT2D eigenvalue weighted by Crippen LogP contribution is -2.38. The first kappa shape index (κ1) is 13.7. The number of hydrogen-bond donors (Lipinski definition) is 1. The zero-order valence-corrected chi connectivity index (χ0v) is 11.4. The number of phenols is 1. The molecule has 1 aliphatic rings. The number of likely N-dealkylation sites (N-methyl/N-ethyl adjacent to an activating group) is 1. The minimum atomic E-state index is -0.329. The van der Waals surface area contributed by atoms with Crippen LogP contribution in [0.25, 0.3) is 0 Å². The number of carbonyl (C=O) groups excluding carboxylic acids is 2. The molecule has 0 unspecified atom stereocenters. The molecule has 102 valence electrons. The summed E-state index contributed by atoms with van der Waals surface area (Å²) in [7, 11) is 1.72. The summed E-state index contributed by atoms with van der Waals surface area (Å²) in [5.74, 6) is -0.447. The van der Waals surface area contributed by atoms with Gasteiger partial charge in [-0.1, -0.05) is 11.6 Å². The van der Waals surface area contributed by atoms with Crippen LogP contribution in [0, 0.1) is 0 Å². The van der Waals surface area contributed by atoms with E-state index in [1.54, 1.807) is 11.9 Å². The summed E-state index contributed by atoms with van der Waals surface area (Å²) < 4.78 is 0. The van der Waals surface area contributed by atoms with Crippen molar-refractivity contribution in [3.8, 4) is 5.75 Å². The van der Waals surface area contributed by atoms with Crippen LogP contribution in [-0.2, 0) is 4.79 Å². The van der Waals surface area contributed by atoms with Crippen LogP contribution in [0.1, 0.15) is 16.8 Å². The van der Waals surface area contributed by atoms with Crippen LogP contribution in [0.3, 0.4) is 0 Å². The van der Waals surface area contributed by atoms with E-state index in [-0.39, 0.29) is 34.7 Å². The van der Waals surface area contributed by atoms with Gasteiger partial charge in [-0.2, -0.15) is 0 Å². The molecule has 0 bridgehead atoms. The highest BCUT2D eigenvalue weighted by Crippen LogP contribution is 2.23. The van der Waals surface area contributed by atoms with Crippen LogP contribution in [-0.4, -0.2) is 53.4 Å². The second-order valence-corrected chi connectivity index (χ2v) is 4.97. The van der Waals surface area contributed by atoms with E-state index in [0.29, 0.717) is 13.1 Å². The largest absolute Gasteiger partial charge is 0.508 e. The Morgan fingerprint density at radius 3 is 2.84 bits per heavy atom. The highest BCUT2D eigenvalue weighted by atomic mass is 35.5. The molecular weight excluding hydrogens is 268 g/mol. The van der Waals surface area contributed by atoms with E-state index in [1.807, 2.05) is 0 Å². The predicted molar refractivity (Wildman–Crippen MR) is 71.3 cm³/mol. The third-order valence-corrected chi connectivity index (χ3v) is 3.47. The molecule has 0 spiro atoms. The minimum Gasteiger partial charge on any atom is -0.508 e. The maximum atomic E-state index is 12.3. The fourth-order valence-corrected chi connectivity index (χ4v) is 2.21. The van der Waals surface area contributed by atoms with Crippen molar-refractivity contribution >= 4 is 23.4 Å². The SMILES string of the molecule is CN1CCCN(C(=O)c2cc(O)ccc2Cl)CC1=O. The first-order valence-electron chi connectivity index (χ1n) is 6.01. The number of benzene rings is 1. The summed E-state index contributed by atoms with van der Waals surface area (Å²) in [5.41, 5.74) is 0.221. The molecule has 5 nitrogen and oxygen atoms in total. The van der Waals surface area contributed by atoms with E-state index >= 15 is 0 Å². The van der Waals surface area contributed by atoms with Crippen molar-refractivity contribution in [2.24, 2.45) is 0 Å². The molecule has 1 aromatic rings. The van der Waals surface area contributed by atoms with E-state index in [4.69, 9.17) is 11.6 Å². The van der Waals surface area contributed by atoms with Crippen LogP contribution >= 0.6 is 11.6 Å². The topological polar surface area (TPSA) is 60.9 Å². The zero-order valence-electron chi connectivity index (χ0n) is 10.6. The third-order valence-electron chi connectivity index (χ3n) is 3.14. The summed E-state index contributed by atoms with van der Waals surface area (Å²) in [5, 5.41) is 9.70. The van der Waals surface area contributed by atoms with E-state index < -0.39 is 0 Å². The molecule has 6 heteroatoms. The molecule has 19 heavy (non-hydrogen) atoms. The van der Waals surface area contributed by atoms with Gasteiger partial charge in [0, 0.05) is 20.1 Å². The summed E-state index contributed by atoms with van der Waals surface area (Å²) >= 11 is 5.96. The van der Waals surface area contributed by atoms with Gasteiger partial charge in [0.25, 0.3) is 5.91 Å². The monoisotopic (exact) mass is 282 g/mol. The molecule has 2 rings (SSSR count). The van der Waals surface area contributed by atoms with Crippen molar-refractivity contribution < 1.29 is 14.7 Å². The predicted octanol–water partition coefficient (Wildman–Crippen LogP) is 1.35. The van der Waals surface area contributed by atoms with Gasteiger partial charge < -0.3 is 14.9 Å². The Labute approximate surface area is 116 Å². The van der Waals surface area contributed by atoms with Crippen molar-refractivity contribution in [1.82, 2.24) is 9.80 Å². The van der Waals surface area contributed by atoms with Crippen molar-refractivity contribution in [3.05, 3.63) is 28.8 Å². The van der Waals surface area contributed by atoms with Gasteiger partial charge in [-0.25, -0.2) is 0 Å². The lowest BCUT2D eigenvalue weighted by molar-refractivity contribution is -0.129. The van der Waals surface area contributed by atoms with Gasteiger partial charge in [-0.3, -0.25) is 9.59 Å². The van der Waals surface area contributed by atoms with Crippen molar-refractivity contribution in [2.45, 2.75) is 6.42 Å². The van der Waals surface area contributed by atoms with Gasteiger partial charge in [0.15, 0.2) is 0 Å². The first-order valence-corrected chi connectivity index (χ1v) is 6.38. The van der Waals surface area contributed by atoms with Gasteiger partial charge >= 0.3 is 0 Å². The number of hydrogen-bond acceptors (Lipinski definition) is 3. The van der Waals surface area contributed by atoms with E-state index in [0.717, 1.165) is 6.42 Å². The standard InChI is InChI=1S/C13H15ClN2O3/c1-15-5-2-6-16(8-12(15)18)13(19)10-7-9(17)3-4-11(10)14/h3-4,7,17H,2,5-6,8H2,1H3. The smallest absolute Gasteiger partial charge is 0.255 e. The molecule has 1 saturated heterocycles. The Morgan fingerprint density at radius 1 is 1.37 bits per heavy atom. The Bertz CT molecular complexity index is 519. The summed E-state index contributed by atoms with van der Waals surface area (Å²) in [6.07, 6.45) is 0.727. The molecule has 1 heterocycles. The van der Waals surface area contributed by atoms with Gasteiger partial charge in [0.2, 0.25) is 5.91 Å². The Balaban J connectivity index is 2.23. The highest BCUT2D eigenvalue weighted by Gasteiger charge is 2.25. The molecule has 0 aromatic heterocycles. The normalized spacial score (nSPS) is 16.4. The van der Waals surface area contributed by atoms with Crippen molar-refractivity contribution in [1.29, 1.82) is 0 Å². The lowest BCUT2D eigenvalue weighted by atomic mass is 10.2. The molecule has 1 N–H and O–H groups in total. The number of phenolic OH excluding ortho intramolecular Hbond substituents is 1. The second-order valence-electron chi connectivity index (χ2n) is 4.56. The molecule has 0 atom stereocenters. The molecule has 0 aliphatic carbocycles. The number of nitrogens with zero attached hydrogens (tertiary/aromatic N) is 2. The highest BCUT2D eigenvalue weighted by molar-refractivity contribution is 6.33. The Hall–Kier alpha value is -1.75. The number of aromatic hydroxyl groups is 1. The molecule has 1 fully saturated rings. The molecule has 0 saturated carbocycles. The number of rotatable bonds is 1. The van der Waals surface area contributed by atoms with E-state index in [2.05, 4.69) is 0 Å². The van der Waals surface area contributed by atoms with Crippen LogP contribution in [0.15, 0.2) is 18.2 Å². The second kappa shape index (κ2) is 5.48. The van der Waals surface area contributed by atoms with E-state index in [1.165, 1.54) is 23.1 Å². The number of amides is 2. The average Bonchev–Trinajstić information content (AvgIpc) is 2.54. The van der Waals surface area contributed by atoms with Crippen LogP contribution in [0.2, 0.25) is 5.02 Å². The van der Waals surface area contributed by atoms with Gasteiger partial charge in [-0.15, -0.1) is 0 Å². The van der Waals surface area contributed by atoms with Crippen LogP contribution < -0.4 is 0 Å². The first-order chi connectivity index (χ1) is 8.99. The van der Waals surface area contributed by atoms with Gasteiger partial charge in [0.1, 0.15) is 12.3 Å². The van der Waals surface area contributed by atoms with Crippen LogP contribution in [0.4, 0.5) is 0 Å². The Morgan fingerprint density at radius 2 is 2.11 bits per heavy atom. The number of halogens is 1. The van der Waals surface area contributed by atoms with Crippen molar-refractivity contribution in [3.63, 3.8) is 0 Å². The quantitative estimate of drug-likeness (QED) is 0.846. The lowest BCUT2D eigenvalue weighted by Gasteiger charge is -2.20. The average molecular weight is 283 g/mol. The molecule has 1 aliphatic heterocycles. The van der Waals surface area contributed by atoms with Gasteiger partial charge in [0.05, 0.1) is 10.6 Å². The summed E-state index contributed by atoms with van der Waals surface area (Å²) in [6.45, 7) is 1.18. The fourth-order valence-electron chi connectivity index (χ4n) is 2.01.